The van der Waals surface area contributed by atoms with Crippen LogP contribution in [0.5, 0.6) is 5.75 Å². The van der Waals surface area contributed by atoms with E-state index < -0.39 is 6.10 Å². The van der Waals surface area contributed by atoms with Crippen LogP contribution in [0, 0.1) is 0 Å². The SMILES string of the molecule is CSc1nnc(-c2cc3c(OC[C@@H](O)CN4CCC(c5ccc6ccccc6c5)CC4)cccc3o2)o1.Cl.O. The molecule has 1 atom stereocenters. The zero-order chi connectivity index (χ0) is 25.2. The van der Waals surface area contributed by atoms with E-state index >= 15 is 0 Å². The molecule has 2 aromatic heterocycles. The maximum atomic E-state index is 10.7. The van der Waals surface area contributed by atoms with Gasteiger partial charge in [0, 0.05) is 12.6 Å². The van der Waals surface area contributed by atoms with E-state index in [0.717, 1.165) is 31.3 Å². The van der Waals surface area contributed by atoms with Gasteiger partial charge in [0.05, 0.1) is 5.39 Å². The summed E-state index contributed by atoms with van der Waals surface area (Å²) >= 11 is 1.38. The number of β-amino-alcohol motifs (C(OH)–C–C–N with tert-alkyl or cyclic N) is 1. The number of rotatable bonds is 8. The number of aliphatic hydroxyl groups excluding tert-OH is 1. The van der Waals surface area contributed by atoms with Gasteiger partial charge in [-0.1, -0.05) is 60.3 Å². The normalized spacial score (nSPS) is 15.1. The number of thioether (sulfide) groups is 1. The third-order valence-corrected chi connectivity index (χ3v) is 7.56. The predicted molar refractivity (Wildman–Crippen MR) is 156 cm³/mol. The number of fused-ring (bicyclic) bond motifs is 2. The molecule has 10 heteroatoms. The smallest absolute Gasteiger partial charge is 0.284 e. The number of aliphatic hydroxyl groups is 1. The van der Waals surface area contributed by atoms with Crippen molar-refractivity contribution >= 4 is 45.9 Å². The van der Waals surface area contributed by atoms with Gasteiger partial charge in [0.25, 0.3) is 11.1 Å². The van der Waals surface area contributed by atoms with Crippen LogP contribution in [0.1, 0.15) is 24.3 Å². The van der Waals surface area contributed by atoms with Gasteiger partial charge in [-0.05, 0) is 66.6 Å². The number of furan rings is 1. The van der Waals surface area contributed by atoms with Gasteiger partial charge in [0.1, 0.15) is 24.0 Å². The summed E-state index contributed by atoms with van der Waals surface area (Å²) in [7, 11) is 0. The topological polar surface area (TPSA) is 116 Å². The minimum atomic E-state index is -0.584. The van der Waals surface area contributed by atoms with Crippen LogP contribution >= 0.6 is 24.2 Å². The fourth-order valence-corrected chi connectivity index (χ4v) is 5.39. The highest BCUT2D eigenvalue weighted by Gasteiger charge is 2.23. The summed E-state index contributed by atoms with van der Waals surface area (Å²) in [5, 5.41) is 22.6. The Balaban J connectivity index is 0.00000176. The van der Waals surface area contributed by atoms with Gasteiger partial charge < -0.3 is 29.1 Å². The van der Waals surface area contributed by atoms with E-state index in [0.29, 0.717) is 40.7 Å². The lowest BCUT2D eigenvalue weighted by atomic mass is 9.88. The van der Waals surface area contributed by atoms with Crippen LogP contribution in [0.25, 0.3) is 33.4 Å². The van der Waals surface area contributed by atoms with Crippen molar-refractivity contribution in [1.82, 2.24) is 15.1 Å². The molecule has 0 bridgehead atoms. The van der Waals surface area contributed by atoms with Gasteiger partial charge in [-0.25, -0.2) is 0 Å². The van der Waals surface area contributed by atoms with Crippen molar-refractivity contribution in [2.24, 2.45) is 0 Å². The maximum absolute atomic E-state index is 10.7. The molecule has 1 aliphatic heterocycles. The second kappa shape index (κ2) is 12.8. The standard InChI is InChI=1S/C29H29N3O4S.ClH.H2O/c1-37-29-31-30-28(36-29)27-16-24-25(7-4-8-26(24)35-27)34-18-23(33)17-32-13-11-20(12-14-32)22-10-9-19-5-2-3-6-21(19)15-22;;/h2-10,15-16,20,23,33H,11-14,17-18H2,1H3;1H;1H2/t23-;;/m0../s1. The molecule has 206 valence electrons. The Morgan fingerprint density at radius 3 is 2.56 bits per heavy atom. The van der Waals surface area contributed by atoms with Gasteiger partial charge in [0.15, 0.2) is 5.76 Å². The van der Waals surface area contributed by atoms with Crippen LogP contribution < -0.4 is 4.74 Å². The third-order valence-electron chi connectivity index (χ3n) is 7.05. The number of hydrogen-bond donors (Lipinski definition) is 1. The van der Waals surface area contributed by atoms with Crippen LogP contribution in [-0.2, 0) is 0 Å². The molecule has 0 radical (unpaired) electrons. The number of hydrogen-bond acceptors (Lipinski definition) is 8. The van der Waals surface area contributed by atoms with Crippen molar-refractivity contribution in [3.63, 3.8) is 0 Å². The monoisotopic (exact) mass is 569 g/mol. The first-order valence-corrected chi connectivity index (χ1v) is 13.8. The average molecular weight is 570 g/mol. The molecular weight excluding hydrogens is 538 g/mol. The summed E-state index contributed by atoms with van der Waals surface area (Å²) in [6, 6.07) is 22.8. The number of halogens is 1. The molecule has 1 fully saturated rings. The van der Waals surface area contributed by atoms with E-state index in [9.17, 15) is 5.11 Å². The molecule has 5 aromatic rings. The molecule has 3 heterocycles. The van der Waals surface area contributed by atoms with E-state index in [1.165, 1.54) is 28.1 Å². The van der Waals surface area contributed by atoms with E-state index in [1.807, 2.05) is 30.5 Å². The number of ether oxygens (including phenoxy) is 1. The molecule has 1 aliphatic rings. The average Bonchev–Trinajstić information content (AvgIpc) is 3.59. The van der Waals surface area contributed by atoms with Crippen LogP contribution in [0.3, 0.4) is 0 Å². The Kier molecular flexibility index (Phi) is 9.53. The van der Waals surface area contributed by atoms with E-state index in [-0.39, 0.29) is 24.5 Å². The van der Waals surface area contributed by atoms with Crippen molar-refractivity contribution in [3.8, 4) is 17.4 Å². The predicted octanol–water partition coefficient (Wildman–Crippen LogP) is 5.57. The molecule has 0 spiro atoms. The molecule has 0 unspecified atom stereocenters. The summed E-state index contributed by atoms with van der Waals surface area (Å²) in [6.45, 7) is 2.74. The fourth-order valence-electron chi connectivity index (χ4n) is 5.10. The summed E-state index contributed by atoms with van der Waals surface area (Å²) in [6.07, 6.45) is 3.48. The Hall–Kier alpha value is -3.08. The highest BCUT2D eigenvalue weighted by atomic mass is 35.5. The molecular formula is C29H32ClN3O5S. The van der Waals surface area contributed by atoms with Crippen molar-refractivity contribution in [1.29, 1.82) is 0 Å². The van der Waals surface area contributed by atoms with E-state index in [4.69, 9.17) is 13.6 Å². The molecule has 3 aromatic carbocycles. The molecule has 39 heavy (non-hydrogen) atoms. The molecule has 0 amide bonds. The van der Waals surface area contributed by atoms with E-state index in [1.54, 1.807) is 0 Å². The number of likely N-dealkylation sites (tertiary alicyclic amines) is 1. The van der Waals surface area contributed by atoms with Crippen LogP contribution in [0.2, 0.25) is 0 Å². The van der Waals surface area contributed by atoms with Gasteiger partial charge in [-0.2, -0.15) is 0 Å². The van der Waals surface area contributed by atoms with Crippen molar-refractivity contribution < 1.29 is 24.2 Å². The Morgan fingerprint density at radius 2 is 1.79 bits per heavy atom. The number of benzene rings is 3. The van der Waals surface area contributed by atoms with Crippen LogP contribution in [0.4, 0.5) is 0 Å². The largest absolute Gasteiger partial charge is 0.490 e. The van der Waals surface area contributed by atoms with Gasteiger partial charge in [-0.15, -0.1) is 22.6 Å². The van der Waals surface area contributed by atoms with Crippen molar-refractivity contribution in [2.75, 3.05) is 32.5 Å². The second-order valence-electron chi connectivity index (χ2n) is 9.50. The zero-order valence-corrected chi connectivity index (χ0v) is 23.2. The van der Waals surface area contributed by atoms with E-state index in [2.05, 4.69) is 57.6 Å². The van der Waals surface area contributed by atoms with Gasteiger partial charge in [-0.3, -0.25) is 0 Å². The summed E-state index contributed by atoms with van der Waals surface area (Å²) in [5.41, 5.74) is 2.08. The Bertz CT molecular complexity index is 1520. The summed E-state index contributed by atoms with van der Waals surface area (Å²) in [5.74, 6) is 2.05. The Morgan fingerprint density at radius 1 is 1.00 bits per heavy atom. The van der Waals surface area contributed by atoms with Crippen molar-refractivity contribution in [2.45, 2.75) is 30.1 Å². The maximum Gasteiger partial charge on any atom is 0.284 e. The highest BCUT2D eigenvalue weighted by Crippen LogP contribution is 2.34. The molecule has 6 rings (SSSR count). The lowest BCUT2D eigenvalue weighted by Gasteiger charge is -2.33. The highest BCUT2D eigenvalue weighted by molar-refractivity contribution is 7.98. The number of nitrogens with zero attached hydrogens (tertiary/aromatic N) is 3. The molecule has 8 nitrogen and oxygen atoms in total. The fraction of sp³-hybridized carbons (Fsp3) is 0.310. The Labute approximate surface area is 237 Å². The molecule has 0 saturated carbocycles. The second-order valence-corrected chi connectivity index (χ2v) is 10.3. The molecule has 1 saturated heterocycles. The zero-order valence-electron chi connectivity index (χ0n) is 21.6. The molecule has 3 N–H and O–H groups in total. The first-order valence-electron chi connectivity index (χ1n) is 12.6. The first-order chi connectivity index (χ1) is 18.2. The minimum Gasteiger partial charge on any atom is -0.490 e. The van der Waals surface area contributed by atoms with Gasteiger partial charge in [0.2, 0.25) is 0 Å². The van der Waals surface area contributed by atoms with Crippen LogP contribution in [-0.4, -0.2) is 64.3 Å². The lowest BCUT2D eigenvalue weighted by molar-refractivity contribution is 0.0599. The quantitative estimate of drug-likeness (QED) is 0.241. The third kappa shape index (κ3) is 6.40. The minimum absolute atomic E-state index is 0. The summed E-state index contributed by atoms with van der Waals surface area (Å²) in [4.78, 5) is 2.33. The molecule has 0 aliphatic carbocycles. The van der Waals surface area contributed by atoms with Crippen molar-refractivity contribution in [3.05, 3.63) is 72.3 Å². The van der Waals surface area contributed by atoms with Gasteiger partial charge >= 0.3 is 0 Å². The first kappa shape index (κ1) is 28.9. The number of aromatic nitrogens is 2. The lowest BCUT2D eigenvalue weighted by Crippen LogP contribution is -2.40. The van der Waals surface area contributed by atoms with Crippen LogP contribution in [0.15, 0.2) is 80.8 Å². The summed E-state index contributed by atoms with van der Waals surface area (Å²) < 4.78 is 17.5. The number of piperidine rings is 1.